The molecule has 0 N–H and O–H groups in total. The van der Waals surface area contributed by atoms with Crippen LogP contribution in [0.3, 0.4) is 0 Å². The molecule has 2 aromatic rings. The average Bonchev–Trinajstić information content (AvgIpc) is 3.36. The summed E-state index contributed by atoms with van der Waals surface area (Å²) in [5.74, 6) is -0.220. The molecule has 0 radical (unpaired) electrons. The lowest BCUT2D eigenvalue weighted by atomic mass is 10.2. The van der Waals surface area contributed by atoms with Crippen molar-refractivity contribution in [3.8, 4) is 0 Å². The molecule has 0 saturated carbocycles. The second-order valence-corrected chi connectivity index (χ2v) is 9.34. The van der Waals surface area contributed by atoms with Crippen LogP contribution in [-0.2, 0) is 42.9 Å². The molecule has 1 aliphatic rings. The van der Waals surface area contributed by atoms with Crippen LogP contribution in [-0.4, -0.2) is 61.7 Å². The third-order valence-corrected chi connectivity index (χ3v) is 6.74. The zero-order valence-corrected chi connectivity index (χ0v) is 18.3. The van der Waals surface area contributed by atoms with E-state index in [-0.39, 0.29) is 29.5 Å². The second-order valence-electron chi connectivity index (χ2n) is 7.46. The number of hydrogen-bond acceptors (Lipinski definition) is 6. The van der Waals surface area contributed by atoms with Crippen molar-refractivity contribution >= 4 is 15.7 Å². The Labute approximate surface area is 177 Å². The maximum absolute atomic E-state index is 13.1. The number of aromatic nitrogens is 2. The van der Waals surface area contributed by atoms with Crippen LogP contribution in [0.25, 0.3) is 0 Å². The van der Waals surface area contributed by atoms with E-state index < -0.39 is 9.84 Å². The van der Waals surface area contributed by atoms with E-state index in [1.807, 2.05) is 18.2 Å². The van der Waals surface area contributed by atoms with Gasteiger partial charge in [-0.2, -0.15) is 0 Å². The van der Waals surface area contributed by atoms with E-state index in [1.165, 1.54) is 6.92 Å². The van der Waals surface area contributed by atoms with Gasteiger partial charge in [-0.3, -0.25) is 4.79 Å². The first kappa shape index (κ1) is 22.5. The molecule has 0 unspecified atom stereocenters. The fourth-order valence-electron chi connectivity index (χ4n) is 3.58. The minimum absolute atomic E-state index is 0.000906. The maximum Gasteiger partial charge on any atom is 0.228 e. The fraction of sp³-hybridized carbons (Fsp3) is 0.524. The number of imidazole rings is 1. The Balaban J connectivity index is 1.85. The minimum Gasteiger partial charge on any atom is -0.383 e. The summed E-state index contributed by atoms with van der Waals surface area (Å²) >= 11 is 0. The van der Waals surface area contributed by atoms with Crippen LogP contribution < -0.4 is 0 Å². The van der Waals surface area contributed by atoms with Crippen LogP contribution in [0, 0.1) is 0 Å². The van der Waals surface area contributed by atoms with Crippen molar-refractivity contribution in [2.45, 2.75) is 49.9 Å². The number of carbonyl (C=O) groups is 1. The number of carbonyl (C=O) groups excluding carboxylic acids is 1. The average molecular weight is 436 g/mol. The number of hydrogen-bond donors (Lipinski definition) is 0. The Bertz CT molecular complexity index is 937. The number of rotatable bonds is 10. The lowest BCUT2D eigenvalue weighted by molar-refractivity contribution is -0.131. The number of methoxy groups -OCH3 is 1. The van der Waals surface area contributed by atoms with Gasteiger partial charge in [0.05, 0.1) is 36.9 Å². The first-order chi connectivity index (χ1) is 14.4. The van der Waals surface area contributed by atoms with Crippen molar-refractivity contribution in [2.75, 3.05) is 26.9 Å². The molecule has 1 amide bonds. The zero-order valence-electron chi connectivity index (χ0n) is 17.5. The molecule has 1 aliphatic heterocycles. The summed E-state index contributed by atoms with van der Waals surface area (Å²) in [4.78, 5) is 18.1. The van der Waals surface area contributed by atoms with Gasteiger partial charge in [0.15, 0.2) is 0 Å². The van der Waals surface area contributed by atoms with Gasteiger partial charge in [-0.1, -0.05) is 30.3 Å². The van der Waals surface area contributed by atoms with Gasteiger partial charge in [0.1, 0.15) is 0 Å². The molecule has 9 heteroatoms. The first-order valence-electron chi connectivity index (χ1n) is 10.1. The molecule has 164 valence electrons. The monoisotopic (exact) mass is 435 g/mol. The topological polar surface area (TPSA) is 90.7 Å². The largest absolute Gasteiger partial charge is 0.383 e. The van der Waals surface area contributed by atoms with E-state index in [1.54, 1.807) is 34.9 Å². The minimum atomic E-state index is -3.66. The molecular weight excluding hydrogens is 406 g/mol. The van der Waals surface area contributed by atoms with Crippen LogP contribution in [0.4, 0.5) is 0 Å². The summed E-state index contributed by atoms with van der Waals surface area (Å²) in [6.07, 6.45) is 3.47. The van der Waals surface area contributed by atoms with E-state index in [4.69, 9.17) is 9.47 Å². The summed E-state index contributed by atoms with van der Waals surface area (Å²) in [6, 6.07) is 9.02. The number of nitrogens with zero attached hydrogens (tertiary/aromatic N) is 3. The van der Waals surface area contributed by atoms with E-state index in [0.29, 0.717) is 37.6 Å². The van der Waals surface area contributed by atoms with Crippen LogP contribution in [0.5, 0.6) is 0 Å². The molecule has 1 saturated heterocycles. The molecule has 0 spiro atoms. The van der Waals surface area contributed by atoms with Gasteiger partial charge in [0.25, 0.3) is 0 Å². The third kappa shape index (κ3) is 5.68. The Morgan fingerprint density at radius 2 is 2.10 bits per heavy atom. The van der Waals surface area contributed by atoms with Crippen molar-refractivity contribution in [2.24, 2.45) is 0 Å². The lowest BCUT2D eigenvalue weighted by Gasteiger charge is -2.24. The molecule has 2 heterocycles. The lowest BCUT2D eigenvalue weighted by Crippen LogP contribution is -2.36. The Hall–Kier alpha value is -2.23. The molecule has 1 atom stereocenters. The molecule has 1 fully saturated rings. The highest BCUT2D eigenvalue weighted by Gasteiger charge is 2.26. The highest BCUT2D eigenvalue weighted by Crippen LogP contribution is 2.20. The highest BCUT2D eigenvalue weighted by molar-refractivity contribution is 7.90. The van der Waals surface area contributed by atoms with E-state index in [9.17, 15) is 13.2 Å². The van der Waals surface area contributed by atoms with Crippen molar-refractivity contribution in [3.63, 3.8) is 0 Å². The standard InChI is InChI=1S/C21H29N3O5S/c1-17(25)23(15-20-9-6-11-29-20)14-19-13-22-21(24(19)10-12-28-2)30(26,27)16-18-7-4-3-5-8-18/h3-5,7-8,13,20H,6,9-12,14-16H2,1-2H3/t20-/m1/s1. The van der Waals surface area contributed by atoms with Gasteiger partial charge < -0.3 is 18.9 Å². The fourth-order valence-corrected chi connectivity index (χ4v) is 5.10. The van der Waals surface area contributed by atoms with E-state index in [0.717, 1.165) is 12.8 Å². The molecule has 30 heavy (non-hydrogen) atoms. The molecule has 0 bridgehead atoms. The molecule has 1 aromatic heterocycles. The van der Waals surface area contributed by atoms with E-state index in [2.05, 4.69) is 4.98 Å². The van der Waals surface area contributed by atoms with Gasteiger partial charge >= 0.3 is 0 Å². The molecular formula is C21H29N3O5S. The number of amides is 1. The van der Waals surface area contributed by atoms with Gasteiger partial charge in [-0.05, 0) is 18.4 Å². The van der Waals surface area contributed by atoms with Gasteiger partial charge in [0, 0.05) is 33.7 Å². The first-order valence-corrected chi connectivity index (χ1v) is 11.7. The molecule has 8 nitrogen and oxygen atoms in total. The van der Waals surface area contributed by atoms with E-state index >= 15 is 0 Å². The van der Waals surface area contributed by atoms with Crippen molar-refractivity contribution < 1.29 is 22.7 Å². The van der Waals surface area contributed by atoms with Gasteiger partial charge in [-0.25, -0.2) is 13.4 Å². The Kier molecular flexibility index (Phi) is 7.63. The smallest absolute Gasteiger partial charge is 0.228 e. The van der Waals surface area contributed by atoms with Gasteiger partial charge in [0.2, 0.25) is 20.9 Å². The van der Waals surface area contributed by atoms with Crippen LogP contribution >= 0.6 is 0 Å². The third-order valence-electron chi connectivity index (χ3n) is 5.14. The number of sulfone groups is 1. The summed E-state index contributed by atoms with van der Waals surface area (Å²) < 4.78 is 38.6. The van der Waals surface area contributed by atoms with Crippen LogP contribution in [0.1, 0.15) is 31.0 Å². The summed E-state index contributed by atoms with van der Waals surface area (Å²) in [5, 5.41) is -0.000906. The summed E-state index contributed by atoms with van der Waals surface area (Å²) in [6.45, 7) is 3.65. The van der Waals surface area contributed by atoms with Crippen molar-refractivity contribution in [3.05, 3.63) is 47.8 Å². The van der Waals surface area contributed by atoms with Crippen molar-refractivity contribution in [1.29, 1.82) is 0 Å². The Morgan fingerprint density at radius 3 is 2.73 bits per heavy atom. The summed E-state index contributed by atoms with van der Waals surface area (Å²) in [5.41, 5.74) is 1.36. The maximum atomic E-state index is 13.1. The molecule has 1 aromatic carbocycles. The predicted molar refractivity (Wildman–Crippen MR) is 111 cm³/mol. The van der Waals surface area contributed by atoms with Crippen LogP contribution in [0.2, 0.25) is 0 Å². The predicted octanol–water partition coefficient (Wildman–Crippen LogP) is 2.03. The normalized spacial score (nSPS) is 16.7. The summed E-state index contributed by atoms with van der Waals surface area (Å²) in [7, 11) is -2.10. The number of benzene rings is 1. The van der Waals surface area contributed by atoms with Crippen LogP contribution in [0.15, 0.2) is 41.7 Å². The highest BCUT2D eigenvalue weighted by atomic mass is 32.2. The van der Waals surface area contributed by atoms with Gasteiger partial charge in [-0.15, -0.1) is 0 Å². The molecule has 3 rings (SSSR count). The SMILES string of the molecule is COCCn1c(CN(C[C@H]2CCCO2)C(C)=O)cnc1S(=O)(=O)Cc1ccccc1. The molecule has 0 aliphatic carbocycles. The zero-order chi connectivity index (χ0) is 21.6. The second kappa shape index (κ2) is 10.2. The Morgan fingerprint density at radius 1 is 1.33 bits per heavy atom. The quantitative estimate of drug-likeness (QED) is 0.567. The number of ether oxygens (including phenoxy) is 2. The van der Waals surface area contributed by atoms with Crippen molar-refractivity contribution in [1.82, 2.24) is 14.5 Å².